The molecule has 0 atom stereocenters. The molecular formula is C23H35N3O3S. The van der Waals surface area contributed by atoms with Crippen molar-refractivity contribution in [2.75, 3.05) is 32.7 Å². The van der Waals surface area contributed by atoms with Crippen LogP contribution in [0.1, 0.15) is 61.9 Å². The van der Waals surface area contributed by atoms with Gasteiger partial charge in [0.1, 0.15) is 0 Å². The number of aryl methyl sites for hydroxylation is 1. The van der Waals surface area contributed by atoms with Crippen LogP contribution < -0.4 is 5.32 Å². The van der Waals surface area contributed by atoms with Gasteiger partial charge >= 0.3 is 0 Å². The van der Waals surface area contributed by atoms with Gasteiger partial charge in [-0.1, -0.05) is 24.1 Å². The third-order valence-corrected chi connectivity index (χ3v) is 8.10. The molecule has 2 aliphatic heterocycles. The number of hydrogen-bond donors (Lipinski definition) is 1. The Bertz CT molecular complexity index is 877. The number of nitrogens with one attached hydrogen (secondary N) is 1. The van der Waals surface area contributed by atoms with Crippen LogP contribution in [0.3, 0.4) is 0 Å². The number of nitrogens with zero attached hydrogens (tertiary/aromatic N) is 2. The molecule has 2 fully saturated rings. The van der Waals surface area contributed by atoms with E-state index in [-0.39, 0.29) is 16.8 Å². The van der Waals surface area contributed by atoms with Gasteiger partial charge in [0.25, 0.3) is 5.91 Å². The minimum Gasteiger partial charge on any atom is -0.349 e. The molecule has 0 aromatic heterocycles. The quantitative estimate of drug-likeness (QED) is 0.699. The Morgan fingerprint density at radius 2 is 1.77 bits per heavy atom. The number of rotatable bonds is 6. The molecule has 30 heavy (non-hydrogen) atoms. The SMILES string of the molecule is CC(C)=CCN1CCC(NC(=O)c2ccc(C)c(S(=O)(=O)N3CCCCC3)c2)CC1. The van der Waals surface area contributed by atoms with Crippen LogP contribution in [-0.2, 0) is 10.0 Å². The molecule has 7 heteroatoms. The summed E-state index contributed by atoms with van der Waals surface area (Å²) in [6.45, 7) is 9.99. The average Bonchev–Trinajstić information content (AvgIpc) is 2.74. The van der Waals surface area contributed by atoms with Gasteiger partial charge in [-0.25, -0.2) is 8.42 Å². The van der Waals surface area contributed by atoms with Gasteiger partial charge in [-0.2, -0.15) is 4.31 Å². The first-order valence-electron chi connectivity index (χ1n) is 11.0. The third-order valence-electron chi connectivity index (χ3n) is 6.06. The van der Waals surface area contributed by atoms with Crippen LogP contribution in [0.15, 0.2) is 34.7 Å². The molecule has 1 amide bonds. The summed E-state index contributed by atoms with van der Waals surface area (Å²) in [5.41, 5.74) is 2.42. The van der Waals surface area contributed by atoms with E-state index in [0.29, 0.717) is 24.2 Å². The van der Waals surface area contributed by atoms with Crippen LogP contribution in [0.5, 0.6) is 0 Å². The van der Waals surface area contributed by atoms with Crippen LogP contribution in [-0.4, -0.2) is 62.3 Å². The molecule has 2 saturated heterocycles. The average molecular weight is 434 g/mol. The van der Waals surface area contributed by atoms with Gasteiger partial charge in [-0.3, -0.25) is 9.69 Å². The van der Waals surface area contributed by atoms with Crippen molar-refractivity contribution < 1.29 is 13.2 Å². The second-order valence-corrected chi connectivity index (χ2v) is 10.7. The number of piperidine rings is 2. The van der Waals surface area contributed by atoms with E-state index < -0.39 is 10.0 Å². The summed E-state index contributed by atoms with van der Waals surface area (Å²) in [4.78, 5) is 15.5. The zero-order valence-corrected chi connectivity index (χ0v) is 19.3. The van der Waals surface area contributed by atoms with Crippen molar-refractivity contribution in [1.29, 1.82) is 0 Å². The molecule has 166 valence electrons. The van der Waals surface area contributed by atoms with Gasteiger partial charge in [-0.05, 0) is 64.2 Å². The highest BCUT2D eigenvalue weighted by atomic mass is 32.2. The fraction of sp³-hybridized carbons (Fsp3) is 0.609. The van der Waals surface area contributed by atoms with E-state index >= 15 is 0 Å². The van der Waals surface area contributed by atoms with E-state index in [4.69, 9.17) is 0 Å². The van der Waals surface area contributed by atoms with E-state index in [0.717, 1.165) is 51.7 Å². The highest BCUT2D eigenvalue weighted by Crippen LogP contribution is 2.24. The first-order chi connectivity index (χ1) is 14.3. The molecule has 1 N–H and O–H groups in total. The van der Waals surface area contributed by atoms with Gasteiger partial charge in [0.2, 0.25) is 10.0 Å². The van der Waals surface area contributed by atoms with Gasteiger partial charge in [0.15, 0.2) is 0 Å². The lowest BCUT2D eigenvalue weighted by molar-refractivity contribution is 0.0914. The molecule has 6 nitrogen and oxygen atoms in total. The zero-order chi connectivity index (χ0) is 21.7. The van der Waals surface area contributed by atoms with Crippen molar-refractivity contribution in [1.82, 2.24) is 14.5 Å². The van der Waals surface area contributed by atoms with E-state index in [9.17, 15) is 13.2 Å². The Morgan fingerprint density at radius 1 is 1.10 bits per heavy atom. The Labute approximate surface area is 181 Å². The summed E-state index contributed by atoms with van der Waals surface area (Å²) >= 11 is 0. The van der Waals surface area contributed by atoms with E-state index in [1.807, 2.05) is 0 Å². The maximum atomic E-state index is 13.1. The van der Waals surface area contributed by atoms with Crippen molar-refractivity contribution in [2.45, 2.75) is 63.8 Å². The lowest BCUT2D eigenvalue weighted by Gasteiger charge is -2.31. The predicted octanol–water partition coefficient (Wildman–Crippen LogP) is 3.33. The van der Waals surface area contributed by atoms with Gasteiger partial charge in [0.05, 0.1) is 4.90 Å². The van der Waals surface area contributed by atoms with Gasteiger partial charge < -0.3 is 5.32 Å². The number of benzene rings is 1. The molecule has 0 radical (unpaired) electrons. The summed E-state index contributed by atoms with van der Waals surface area (Å²) in [7, 11) is -3.56. The van der Waals surface area contributed by atoms with Crippen LogP contribution in [0.4, 0.5) is 0 Å². The predicted molar refractivity (Wildman–Crippen MR) is 120 cm³/mol. The summed E-state index contributed by atoms with van der Waals surface area (Å²) in [5.74, 6) is -0.187. The Hall–Kier alpha value is -1.70. The number of allylic oxidation sites excluding steroid dienone is 1. The third kappa shape index (κ3) is 5.71. The molecule has 1 aromatic carbocycles. The Kier molecular flexibility index (Phi) is 7.71. The highest BCUT2D eigenvalue weighted by Gasteiger charge is 2.28. The minimum absolute atomic E-state index is 0.129. The van der Waals surface area contributed by atoms with Crippen LogP contribution in [0, 0.1) is 6.92 Å². The van der Waals surface area contributed by atoms with Crippen molar-refractivity contribution in [3.05, 3.63) is 41.0 Å². The van der Waals surface area contributed by atoms with Crippen LogP contribution >= 0.6 is 0 Å². The normalized spacial score (nSPS) is 19.4. The lowest BCUT2D eigenvalue weighted by Crippen LogP contribution is -2.44. The maximum Gasteiger partial charge on any atom is 0.251 e. The topological polar surface area (TPSA) is 69.7 Å². The molecule has 3 rings (SSSR count). The number of carbonyl (C=O) groups is 1. The zero-order valence-electron chi connectivity index (χ0n) is 18.5. The number of hydrogen-bond acceptors (Lipinski definition) is 4. The standard InChI is InChI=1S/C23H35N3O3S/c1-18(2)9-14-25-15-10-21(11-16-25)24-23(27)20-8-7-19(3)22(17-20)30(28,29)26-12-5-4-6-13-26/h7-9,17,21H,4-6,10-16H2,1-3H3,(H,24,27). The van der Waals surface area contributed by atoms with Gasteiger partial charge in [0, 0.05) is 44.3 Å². The Morgan fingerprint density at radius 3 is 2.40 bits per heavy atom. The largest absolute Gasteiger partial charge is 0.349 e. The molecule has 0 saturated carbocycles. The number of amides is 1. The summed E-state index contributed by atoms with van der Waals surface area (Å²) in [6, 6.07) is 5.15. The molecule has 2 aliphatic rings. The van der Waals surface area contributed by atoms with Crippen molar-refractivity contribution in [3.8, 4) is 0 Å². The molecule has 1 aromatic rings. The smallest absolute Gasteiger partial charge is 0.251 e. The molecule has 0 bridgehead atoms. The van der Waals surface area contributed by atoms with E-state index in [2.05, 4.69) is 30.1 Å². The number of carbonyl (C=O) groups excluding carboxylic acids is 1. The maximum absolute atomic E-state index is 13.1. The molecule has 0 spiro atoms. The highest BCUT2D eigenvalue weighted by molar-refractivity contribution is 7.89. The number of sulfonamides is 1. The second-order valence-electron chi connectivity index (χ2n) is 8.77. The molecule has 0 unspecified atom stereocenters. The van der Waals surface area contributed by atoms with Crippen LogP contribution in [0.25, 0.3) is 0 Å². The van der Waals surface area contributed by atoms with Gasteiger partial charge in [-0.15, -0.1) is 0 Å². The minimum atomic E-state index is -3.56. The van der Waals surface area contributed by atoms with Crippen LogP contribution in [0.2, 0.25) is 0 Å². The first kappa shape index (κ1) is 23.0. The molecule has 0 aliphatic carbocycles. The lowest BCUT2D eigenvalue weighted by atomic mass is 10.0. The molecule has 2 heterocycles. The van der Waals surface area contributed by atoms with Crippen molar-refractivity contribution in [3.63, 3.8) is 0 Å². The fourth-order valence-electron chi connectivity index (χ4n) is 4.10. The second kappa shape index (κ2) is 10.1. The summed E-state index contributed by atoms with van der Waals surface area (Å²) < 4.78 is 27.8. The summed E-state index contributed by atoms with van der Waals surface area (Å²) in [5, 5.41) is 3.11. The van der Waals surface area contributed by atoms with Crippen molar-refractivity contribution in [2.24, 2.45) is 0 Å². The van der Waals surface area contributed by atoms with E-state index in [1.165, 1.54) is 5.57 Å². The summed E-state index contributed by atoms with van der Waals surface area (Å²) in [6.07, 6.45) is 6.91. The van der Waals surface area contributed by atoms with Crippen molar-refractivity contribution >= 4 is 15.9 Å². The monoisotopic (exact) mass is 433 g/mol. The van der Waals surface area contributed by atoms with E-state index in [1.54, 1.807) is 29.4 Å². The Balaban J connectivity index is 1.65. The molecular weight excluding hydrogens is 398 g/mol. The number of likely N-dealkylation sites (tertiary alicyclic amines) is 1. The first-order valence-corrected chi connectivity index (χ1v) is 12.5. The fourth-order valence-corrected chi connectivity index (χ4v) is 5.87.